The molecule has 0 aliphatic carbocycles. The van der Waals surface area contributed by atoms with Gasteiger partial charge in [-0.2, -0.15) is 0 Å². The Balaban J connectivity index is 2.95. The van der Waals surface area contributed by atoms with Gasteiger partial charge < -0.3 is 15.2 Å². The summed E-state index contributed by atoms with van der Waals surface area (Å²) < 4.78 is 13.1. The largest absolute Gasteiger partial charge is 0.488 e. The van der Waals surface area contributed by atoms with E-state index in [0.717, 1.165) is 6.07 Å². The third-order valence-electron chi connectivity index (χ3n) is 1.72. The van der Waals surface area contributed by atoms with E-state index in [4.69, 9.17) is 15.2 Å². The summed E-state index contributed by atoms with van der Waals surface area (Å²) >= 11 is 0. The van der Waals surface area contributed by atoms with Crippen molar-refractivity contribution in [3.63, 3.8) is 0 Å². The Labute approximate surface area is 79.8 Å². The van der Waals surface area contributed by atoms with Crippen LogP contribution in [0.4, 0.5) is 4.39 Å². The normalized spacial score (nSPS) is 9.93. The van der Waals surface area contributed by atoms with Gasteiger partial charge in [-0.3, -0.25) is 4.79 Å². The predicted molar refractivity (Wildman–Crippen MR) is 47.6 cm³/mol. The van der Waals surface area contributed by atoms with Gasteiger partial charge in [0.25, 0.3) is 0 Å². The quantitative estimate of drug-likeness (QED) is 0.551. The minimum absolute atomic E-state index is 0.00311. The lowest BCUT2D eigenvalue weighted by atomic mass is 9.80. The molecule has 74 valence electrons. The first kappa shape index (κ1) is 10.7. The fraction of sp³-hybridized carbons (Fsp3) is 0.125. The third-order valence-corrected chi connectivity index (χ3v) is 1.72. The maximum Gasteiger partial charge on any atom is 0.488 e. The Bertz CT molecular complexity index is 353. The maximum atomic E-state index is 13.1. The van der Waals surface area contributed by atoms with Gasteiger partial charge in [-0.1, -0.05) is 12.1 Å². The Morgan fingerprint density at radius 2 is 2.07 bits per heavy atom. The van der Waals surface area contributed by atoms with Crippen LogP contribution in [0.25, 0.3) is 0 Å². The Morgan fingerprint density at radius 3 is 2.50 bits per heavy atom. The SMILES string of the molecule is O=C(O)Cc1ccc(B(O)O)cc1F. The average Bonchev–Trinajstić information content (AvgIpc) is 2.07. The fourth-order valence-corrected chi connectivity index (χ4v) is 1.03. The molecule has 0 aromatic heterocycles. The molecular formula is C8H8BFO4. The molecule has 0 saturated heterocycles. The van der Waals surface area contributed by atoms with Crippen molar-refractivity contribution in [1.82, 2.24) is 0 Å². The van der Waals surface area contributed by atoms with E-state index in [-0.39, 0.29) is 11.0 Å². The van der Waals surface area contributed by atoms with Gasteiger partial charge in [0.15, 0.2) is 0 Å². The van der Waals surface area contributed by atoms with Crippen LogP contribution in [-0.4, -0.2) is 28.2 Å². The van der Waals surface area contributed by atoms with Gasteiger partial charge >= 0.3 is 13.1 Å². The second kappa shape index (κ2) is 4.21. The highest BCUT2D eigenvalue weighted by Crippen LogP contribution is 2.06. The highest BCUT2D eigenvalue weighted by Gasteiger charge is 2.14. The highest BCUT2D eigenvalue weighted by molar-refractivity contribution is 6.58. The van der Waals surface area contributed by atoms with E-state index >= 15 is 0 Å². The van der Waals surface area contributed by atoms with Crippen molar-refractivity contribution in [1.29, 1.82) is 0 Å². The van der Waals surface area contributed by atoms with Crippen LogP contribution in [0.15, 0.2) is 18.2 Å². The highest BCUT2D eigenvalue weighted by atomic mass is 19.1. The number of rotatable bonds is 3. The first-order valence-corrected chi connectivity index (χ1v) is 3.87. The minimum Gasteiger partial charge on any atom is -0.481 e. The molecule has 0 saturated carbocycles. The zero-order valence-corrected chi connectivity index (χ0v) is 7.14. The first-order chi connectivity index (χ1) is 6.50. The molecule has 0 aliphatic rings. The molecule has 3 N–H and O–H groups in total. The molecule has 0 unspecified atom stereocenters. The number of carbonyl (C=O) groups is 1. The zero-order chi connectivity index (χ0) is 10.7. The van der Waals surface area contributed by atoms with Gasteiger partial charge in [-0.25, -0.2) is 4.39 Å². The molecule has 0 amide bonds. The lowest BCUT2D eigenvalue weighted by Crippen LogP contribution is -2.30. The molecule has 1 aromatic rings. The Morgan fingerprint density at radius 1 is 1.43 bits per heavy atom. The van der Waals surface area contributed by atoms with E-state index in [1.54, 1.807) is 0 Å². The lowest BCUT2D eigenvalue weighted by Gasteiger charge is -2.03. The average molecular weight is 198 g/mol. The Hall–Kier alpha value is -1.40. The lowest BCUT2D eigenvalue weighted by molar-refractivity contribution is -0.136. The molecule has 1 aromatic carbocycles. The molecule has 0 spiro atoms. The molecule has 1 rings (SSSR count). The summed E-state index contributed by atoms with van der Waals surface area (Å²) in [5, 5.41) is 25.8. The number of carboxylic acids is 1. The molecule has 0 heterocycles. The van der Waals surface area contributed by atoms with Crippen molar-refractivity contribution in [2.75, 3.05) is 0 Å². The molecule has 4 nitrogen and oxygen atoms in total. The van der Waals surface area contributed by atoms with Crippen LogP contribution in [0.3, 0.4) is 0 Å². The zero-order valence-electron chi connectivity index (χ0n) is 7.14. The number of hydrogen-bond donors (Lipinski definition) is 3. The molecule has 0 bridgehead atoms. The van der Waals surface area contributed by atoms with Crippen LogP contribution in [0.1, 0.15) is 5.56 Å². The van der Waals surface area contributed by atoms with E-state index in [1.165, 1.54) is 12.1 Å². The summed E-state index contributed by atoms with van der Waals surface area (Å²) in [6, 6.07) is 3.40. The molecule has 14 heavy (non-hydrogen) atoms. The van der Waals surface area contributed by atoms with Crippen LogP contribution in [-0.2, 0) is 11.2 Å². The van der Waals surface area contributed by atoms with Crippen molar-refractivity contribution in [2.24, 2.45) is 0 Å². The van der Waals surface area contributed by atoms with Crippen molar-refractivity contribution in [2.45, 2.75) is 6.42 Å². The van der Waals surface area contributed by atoms with Gasteiger partial charge in [0.05, 0.1) is 6.42 Å². The maximum absolute atomic E-state index is 13.1. The monoisotopic (exact) mass is 198 g/mol. The van der Waals surface area contributed by atoms with E-state index in [2.05, 4.69) is 0 Å². The van der Waals surface area contributed by atoms with E-state index in [1.807, 2.05) is 0 Å². The van der Waals surface area contributed by atoms with Gasteiger partial charge in [0.1, 0.15) is 5.82 Å². The standard InChI is InChI=1S/C8H8BFO4/c10-7-4-6(9(13)14)2-1-5(7)3-8(11)12/h1-2,4,13-14H,3H2,(H,11,12). The predicted octanol–water partition coefficient (Wildman–Crippen LogP) is -0.867. The van der Waals surface area contributed by atoms with Crippen LogP contribution in [0, 0.1) is 5.82 Å². The van der Waals surface area contributed by atoms with Crippen LogP contribution in [0.5, 0.6) is 0 Å². The first-order valence-electron chi connectivity index (χ1n) is 3.87. The summed E-state index contributed by atoms with van der Waals surface area (Å²) in [6.45, 7) is 0. The molecule has 0 radical (unpaired) electrons. The molecule has 0 fully saturated rings. The summed E-state index contributed by atoms with van der Waals surface area (Å²) in [6.07, 6.45) is -0.423. The molecular weight excluding hydrogens is 190 g/mol. The topological polar surface area (TPSA) is 77.8 Å². The minimum atomic E-state index is -1.75. The van der Waals surface area contributed by atoms with Gasteiger partial charge in [0.2, 0.25) is 0 Å². The van der Waals surface area contributed by atoms with Gasteiger partial charge in [0, 0.05) is 0 Å². The van der Waals surface area contributed by atoms with Crippen LogP contribution in [0.2, 0.25) is 0 Å². The third kappa shape index (κ3) is 2.55. The van der Waals surface area contributed by atoms with Gasteiger partial charge in [-0.15, -0.1) is 0 Å². The molecule has 0 atom stereocenters. The van der Waals surface area contributed by atoms with Crippen molar-refractivity contribution in [3.8, 4) is 0 Å². The number of aliphatic carboxylic acids is 1. The van der Waals surface area contributed by atoms with Crippen molar-refractivity contribution in [3.05, 3.63) is 29.6 Å². The number of hydrogen-bond acceptors (Lipinski definition) is 3. The van der Waals surface area contributed by atoms with E-state index in [9.17, 15) is 9.18 Å². The van der Waals surface area contributed by atoms with Crippen molar-refractivity contribution >= 4 is 18.6 Å². The number of halogens is 1. The molecule has 0 aliphatic heterocycles. The van der Waals surface area contributed by atoms with Gasteiger partial charge in [-0.05, 0) is 17.1 Å². The van der Waals surface area contributed by atoms with Crippen LogP contribution < -0.4 is 5.46 Å². The van der Waals surface area contributed by atoms with E-state index in [0.29, 0.717) is 0 Å². The summed E-state index contributed by atoms with van der Waals surface area (Å²) in [4.78, 5) is 10.3. The van der Waals surface area contributed by atoms with Crippen LogP contribution >= 0.6 is 0 Å². The summed E-state index contributed by atoms with van der Waals surface area (Å²) in [7, 11) is -1.75. The summed E-state index contributed by atoms with van der Waals surface area (Å²) in [5.41, 5.74) is 0.0125. The van der Waals surface area contributed by atoms with Crippen molar-refractivity contribution < 1.29 is 24.3 Å². The fourth-order valence-electron chi connectivity index (χ4n) is 1.03. The Kier molecular flexibility index (Phi) is 3.21. The second-order valence-corrected chi connectivity index (χ2v) is 2.80. The number of benzene rings is 1. The van der Waals surface area contributed by atoms with E-state index < -0.39 is 25.3 Å². The number of carboxylic acid groups (broad SMARTS) is 1. The smallest absolute Gasteiger partial charge is 0.481 e. The summed E-state index contributed by atoms with van der Waals surface area (Å²) in [5.74, 6) is -1.89. The molecule has 6 heteroatoms. The second-order valence-electron chi connectivity index (χ2n) is 2.80.